The molecule has 0 saturated carbocycles. The van der Waals surface area contributed by atoms with Crippen LogP contribution in [0.25, 0.3) is 6.08 Å². The third-order valence-corrected chi connectivity index (χ3v) is 7.72. The van der Waals surface area contributed by atoms with Crippen LogP contribution in [0.1, 0.15) is 27.8 Å². The van der Waals surface area contributed by atoms with Gasteiger partial charge in [0.15, 0.2) is 0 Å². The molecule has 0 aromatic heterocycles. The summed E-state index contributed by atoms with van der Waals surface area (Å²) < 4.78 is 11.7. The van der Waals surface area contributed by atoms with E-state index in [1.165, 1.54) is 17.2 Å². The van der Waals surface area contributed by atoms with E-state index >= 15 is 0 Å². The van der Waals surface area contributed by atoms with Gasteiger partial charge < -0.3 is 9.47 Å². The summed E-state index contributed by atoms with van der Waals surface area (Å²) >= 11 is 18.6. The third kappa shape index (κ3) is 7.03. The molecule has 1 fully saturated rings. The van der Waals surface area contributed by atoms with E-state index in [-0.39, 0.29) is 17.9 Å². The second-order valence-electron chi connectivity index (χ2n) is 9.87. The number of hydrogen-bond donors (Lipinski definition) is 1. The molecule has 0 atom stereocenters. The monoisotopic (exact) mass is 634 g/mol. The summed E-state index contributed by atoms with van der Waals surface area (Å²) in [5.74, 6) is -0.640. The highest BCUT2D eigenvalue weighted by molar-refractivity contribution is 6.39. The summed E-state index contributed by atoms with van der Waals surface area (Å²) in [4.78, 5) is 39.5. The number of carbonyl (C=O) groups is 3. The second kappa shape index (κ2) is 12.9. The Balaban J connectivity index is 1.28. The maximum atomic E-state index is 13.3. The number of benzene rings is 4. The molecule has 1 saturated heterocycles. The first kappa shape index (κ1) is 30.2. The number of hydrogen-bond acceptors (Lipinski definition) is 5. The van der Waals surface area contributed by atoms with E-state index < -0.39 is 17.8 Å². The Hall–Kier alpha value is -4.30. The summed E-state index contributed by atoms with van der Waals surface area (Å²) in [6.07, 6.45) is 1.38. The zero-order valence-corrected chi connectivity index (χ0v) is 25.4. The first-order chi connectivity index (χ1) is 20.6. The fourth-order valence-electron chi connectivity index (χ4n) is 4.33. The van der Waals surface area contributed by atoms with E-state index in [2.05, 4.69) is 11.4 Å². The molecular weight excluding hydrogens is 611 g/mol. The molecule has 5 rings (SSSR count). The Kier molecular flexibility index (Phi) is 9.06. The standard InChI is InChI=1S/C33H25Cl3N2O5/c1-19-3-4-22(13-20(19)2)17-43-30-12-5-21(15-29(30)36)14-27-31(39)37-33(41)38(32(27)40)25-8-10-26(11-9-25)42-18-23-6-7-24(34)16-28(23)35/h3-16H,17-18H2,1-2H3,(H,37,39,41)/b27-14+. The minimum Gasteiger partial charge on any atom is -0.489 e. The molecule has 4 aromatic carbocycles. The van der Waals surface area contributed by atoms with Gasteiger partial charge in [-0.1, -0.05) is 65.1 Å². The molecule has 0 unspecified atom stereocenters. The van der Waals surface area contributed by atoms with Crippen LogP contribution in [0.5, 0.6) is 11.5 Å². The van der Waals surface area contributed by atoms with Crippen LogP contribution in [0.4, 0.5) is 10.5 Å². The molecule has 10 heteroatoms. The molecule has 0 aliphatic carbocycles. The Bertz CT molecular complexity index is 1770. The summed E-state index contributed by atoms with van der Waals surface area (Å²) in [6.45, 7) is 4.61. The van der Waals surface area contributed by atoms with Crippen molar-refractivity contribution in [1.29, 1.82) is 0 Å². The lowest BCUT2D eigenvalue weighted by Gasteiger charge is -2.26. The van der Waals surface area contributed by atoms with Gasteiger partial charge in [-0.3, -0.25) is 14.9 Å². The molecular formula is C33H25Cl3N2O5. The van der Waals surface area contributed by atoms with Gasteiger partial charge in [-0.05, 0) is 90.7 Å². The molecule has 7 nitrogen and oxygen atoms in total. The number of ether oxygens (including phenoxy) is 2. The first-order valence-electron chi connectivity index (χ1n) is 13.2. The highest BCUT2D eigenvalue weighted by Gasteiger charge is 2.36. The lowest BCUT2D eigenvalue weighted by Crippen LogP contribution is -2.54. The maximum absolute atomic E-state index is 13.3. The number of nitrogens with one attached hydrogen (secondary N) is 1. The highest BCUT2D eigenvalue weighted by atomic mass is 35.5. The predicted octanol–water partition coefficient (Wildman–Crippen LogP) is 8.09. The first-order valence-corrected chi connectivity index (χ1v) is 14.3. The average Bonchev–Trinajstić information content (AvgIpc) is 2.97. The van der Waals surface area contributed by atoms with Crippen LogP contribution in [0.15, 0.2) is 84.4 Å². The molecule has 0 bridgehead atoms. The molecule has 1 heterocycles. The lowest BCUT2D eigenvalue weighted by molar-refractivity contribution is -0.122. The van der Waals surface area contributed by atoms with Crippen molar-refractivity contribution in [2.45, 2.75) is 27.1 Å². The van der Waals surface area contributed by atoms with Crippen molar-refractivity contribution in [3.63, 3.8) is 0 Å². The van der Waals surface area contributed by atoms with Gasteiger partial charge in [-0.15, -0.1) is 0 Å². The summed E-state index contributed by atoms with van der Waals surface area (Å²) in [7, 11) is 0. The summed E-state index contributed by atoms with van der Waals surface area (Å²) in [5.41, 5.74) is 4.63. The summed E-state index contributed by atoms with van der Waals surface area (Å²) in [5, 5.41) is 3.53. The molecule has 4 aromatic rings. The van der Waals surface area contributed by atoms with Crippen molar-refractivity contribution < 1.29 is 23.9 Å². The van der Waals surface area contributed by atoms with Crippen LogP contribution in [0.3, 0.4) is 0 Å². The molecule has 1 N–H and O–H groups in total. The van der Waals surface area contributed by atoms with Crippen molar-refractivity contribution in [2.24, 2.45) is 0 Å². The number of nitrogens with zero attached hydrogens (tertiary/aromatic N) is 1. The molecule has 1 aliphatic rings. The van der Waals surface area contributed by atoms with E-state index in [0.29, 0.717) is 38.7 Å². The third-order valence-electron chi connectivity index (χ3n) is 6.84. The fraction of sp³-hybridized carbons (Fsp3) is 0.121. The van der Waals surface area contributed by atoms with Gasteiger partial charge in [0, 0.05) is 15.6 Å². The average molecular weight is 636 g/mol. The van der Waals surface area contributed by atoms with Gasteiger partial charge >= 0.3 is 6.03 Å². The molecule has 218 valence electrons. The fourth-order valence-corrected chi connectivity index (χ4v) is 5.03. The number of imide groups is 2. The number of aryl methyl sites for hydroxylation is 2. The summed E-state index contributed by atoms with van der Waals surface area (Å²) in [6, 6.07) is 21.6. The van der Waals surface area contributed by atoms with Gasteiger partial charge in [0.2, 0.25) is 0 Å². The predicted molar refractivity (Wildman–Crippen MR) is 168 cm³/mol. The van der Waals surface area contributed by atoms with Crippen molar-refractivity contribution in [3.05, 3.63) is 127 Å². The van der Waals surface area contributed by atoms with Crippen LogP contribution in [-0.2, 0) is 22.8 Å². The van der Waals surface area contributed by atoms with Crippen LogP contribution in [0, 0.1) is 13.8 Å². The molecule has 0 spiro atoms. The van der Waals surface area contributed by atoms with Crippen molar-refractivity contribution in [1.82, 2.24) is 5.32 Å². The number of urea groups is 1. The molecule has 43 heavy (non-hydrogen) atoms. The van der Waals surface area contributed by atoms with Gasteiger partial charge in [0.05, 0.1) is 10.7 Å². The van der Waals surface area contributed by atoms with Crippen LogP contribution >= 0.6 is 34.8 Å². The zero-order valence-electron chi connectivity index (χ0n) is 23.1. The van der Waals surface area contributed by atoms with Gasteiger partial charge in [-0.2, -0.15) is 0 Å². The van der Waals surface area contributed by atoms with Crippen LogP contribution in [-0.4, -0.2) is 17.8 Å². The van der Waals surface area contributed by atoms with Crippen LogP contribution in [0.2, 0.25) is 15.1 Å². The number of rotatable bonds is 8. The van der Waals surface area contributed by atoms with E-state index in [1.54, 1.807) is 60.7 Å². The lowest BCUT2D eigenvalue weighted by atomic mass is 10.1. The van der Waals surface area contributed by atoms with Gasteiger partial charge in [0.1, 0.15) is 30.3 Å². The molecule has 0 radical (unpaired) electrons. The number of carbonyl (C=O) groups excluding carboxylic acids is 3. The van der Waals surface area contributed by atoms with Gasteiger partial charge in [-0.25, -0.2) is 9.69 Å². The van der Waals surface area contributed by atoms with E-state index in [4.69, 9.17) is 44.3 Å². The quantitative estimate of drug-likeness (QED) is 0.156. The topological polar surface area (TPSA) is 84.9 Å². The van der Waals surface area contributed by atoms with Crippen molar-refractivity contribution >= 4 is 64.4 Å². The molecule has 1 aliphatic heterocycles. The van der Waals surface area contributed by atoms with E-state index in [0.717, 1.165) is 16.0 Å². The SMILES string of the molecule is Cc1ccc(COc2ccc(/C=C3\C(=O)NC(=O)N(c4ccc(OCc5ccc(Cl)cc5Cl)cc4)C3=O)cc2Cl)cc1C. The Morgan fingerprint density at radius 2 is 1.53 bits per heavy atom. The smallest absolute Gasteiger partial charge is 0.335 e. The highest BCUT2D eigenvalue weighted by Crippen LogP contribution is 2.30. The Labute approximate surface area is 263 Å². The van der Waals surface area contributed by atoms with Crippen molar-refractivity contribution in [2.75, 3.05) is 4.90 Å². The largest absolute Gasteiger partial charge is 0.489 e. The van der Waals surface area contributed by atoms with E-state index in [1.807, 2.05) is 26.0 Å². The van der Waals surface area contributed by atoms with E-state index in [9.17, 15) is 14.4 Å². The number of amides is 4. The Morgan fingerprint density at radius 1 is 0.767 bits per heavy atom. The number of anilines is 1. The second-order valence-corrected chi connectivity index (χ2v) is 11.1. The maximum Gasteiger partial charge on any atom is 0.335 e. The molecule has 4 amide bonds. The van der Waals surface area contributed by atoms with Gasteiger partial charge in [0.25, 0.3) is 11.8 Å². The normalized spacial score (nSPS) is 14.2. The Morgan fingerprint density at radius 3 is 2.23 bits per heavy atom. The van der Waals surface area contributed by atoms with Crippen LogP contribution < -0.4 is 19.7 Å². The number of barbiturate groups is 1. The minimum absolute atomic E-state index is 0.192. The number of halogens is 3. The minimum atomic E-state index is -0.859. The van der Waals surface area contributed by atoms with Crippen molar-refractivity contribution in [3.8, 4) is 11.5 Å². The zero-order chi connectivity index (χ0) is 30.7.